The van der Waals surface area contributed by atoms with E-state index in [1.165, 1.54) is 11.3 Å². The second-order valence-corrected chi connectivity index (χ2v) is 3.37. The number of thiazole rings is 1. The lowest BCUT2D eigenvalue weighted by Gasteiger charge is -1.89. The molecule has 0 saturated heterocycles. The summed E-state index contributed by atoms with van der Waals surface area (Å²) in [5, 5.41) is 11.2. The van der Waals surface area contributed by atoms with Crippen LogP contribution in [0.3, 0.4) is 0 Å². The number of hydrogen-bond acceptors (Lipinski definition) is 3. The molecule has 11 heavy (non-hydrogen) atoms. The molecule has 1 saturated carbocycles. The van der Waals surface area contributed by atoms with Crippen molar-refractivity contribution in [3.05, 3.63) is 16.6 Å². The Balaban J connectivity index is 2.14. The van der Waals surface area contributed by atoms with Gasteiger partial charge in [-0.25, -0.2) is 4.98 Å². The van der Waals surface area contributed by atoms with Crippen LogP contribution < -0.4 is 0 Å². The molecule has 1 aliphatic carbocycles. The predicted molar refractivity (Wildman–Crippen MR) is 43.2 cm³/mol. The average molecular weight is 165 g/mol. The molecule has 3 heteroatoms. The third-order valence-corrected chi connectivity index (χ3v) is 2.17. The summed E-state index contributed by atoms with van der Waals surface area (Å²) >= 11 is 1.52. The van der Waals surface area contributed by atoms with Gasteiger partial charge in [0.15, 0.2) is 0 Å². The molecule has 1 aromatic heterocycles. The van der Waals surface area contributed by atoms with E-state index in [0.717, 1.165) is 18.5 Å². The van der Waals surface area contributed by atoms with Crippen LogP contribution in [0.1, 0.15) is 18.5 Å². The highest BCUT2D eigenvalue weighted by Crippen LogP contribution is 2.33. The normalized spacial score (nSPS) is 18.6. The first-order chi connectivity index (χ1) is 5.29. The first-order valence-electron chi connectivity index (χ1n) is 3.42. The number of aromatic nitrogens is 1. The van der Waals surface area contributed by atoms with Crippen molar-refractivity contribution in [3.8, 4) is 11.8 Å². The van der Waals surface area contributed by atoms with E-state index in [2.05, 4.69) is 16.8 Å². The Morgan fingerprint density at radius 1 is 1.64 bits per heavy atom. The molecule has 0 radical (unpaired) electrons. The van der Waals surface area contributed by atoms with Gasteiger partial charge >= 0.3 is 0 Å². The van der Waals surface area contributed by atoms with Crippen molar-refractivity contribution in [1.29, 1.82) is 0 Å². The van der Waals surface area contributed by atoms with E-state index < -0.39 is 5.60 Å². The minimum atomic E-state index is -0.677. The summed E-state index contributed by atoms with van der Waals surface area (Å²) in [5.74, 6) is 5.61. The quantitative estimate of drug-likeness (QED) is 0.582. The molecular formula is C8H7NOS. The predicted octanol–water partition coefficient (Wildman–Crippen LogP) is 1.02. The highest BCUT2D eigenvalue weighted by molar-refractivity contribution is 7.07. The summed E-state index contributed by atoms with van der Waals surface area (Å²) in [6.45, 7) is 0. The highest BCUT2D eigenvalue weighted by Gasteiger charge is 2.38. The van der Waals surface area contributed by atoms with E-state index in [1.54, 1.807) is 5.51 Å². The fraction of sp³-hybridized carbons (Fsp3) is 0.375. The zero-order chi connectivity index (χ0) is 7.73. The SMILES string of the molecule is OC1(C#Cc2cscn2)CC1. The molecule has 1 aromatic rings. The molecule has 2 rings (SSSR count). The monoisotopic (exact) mass is 165 g/mol. The Morgan fingerprint density at radius 2 is 2.45 bits per heavy atom. The summed E-state index contributed by atoms with van der Waals surface area (Å²) in [7, 11) is 0. The van der Waals surface area contributed by atoms with Gasteiger partial charge < -0.3 is 5.11 Å². The maximum atomic E-state index is 9.33. The lowest BCUT2D eigenvalue weighted by molar-refractivity contribution is 0.212. The second-order valence-electron chi connectivity index (χ2n) is 2.66. The molecule has 1 heterocycles. The third-order valence-electron chi connectivity index (χ3n) is 1.58. The Labute approximate surface area is 68.9 Å². The molecule has 0 aliphatic heterocycles. The molecule has 2 nitrogen and oxygen atoms in total. The van der Waals surface area contributed by atoms with Crippen LogP contribution in [0.4, 0.5) is 0 Å². The minimum Gasteiger partial charge on any atom is -0.378 e. The van der Waals surface area contributed by atoms with Crippen LogP contribution in [0.2, 0.25) is 0 Å². The number of nitrogens with zero attached hydrogens (tertiary/aromatic N) is 1. The molecular weight excluding hydrogens is 158 g/mol. The summed E-state index contributed by atoms with van der Waals surface area (Å²) in [6, 6.07) is 0. The van der Waals surface area contributed by atoms with Crippen LogP contribution in [0.5, 0.6) is 0 Å². The number of aliphatic hydroxyl groups is 1. The Kier molecular flexibility index (Phi) is 1.45. The van der Waals surface area contributed by atoms with Gasteiger partial charge in [0.25, 0.3) is 0 Å². The fourth-order valence-electron chi connectivity index (χ4n) is 0.698. The highest BCUT2D eigenvalue weighted by atomic mass is 32.1. The molecule has 1 N–H and O–H groups in total. The van der Waals surface area contributed by atoms with Gasteiger partial charge in [-0.2, -0.15) is 0 Å². The first kappa shape index (κ1) is 6.84. The van der Waals surface area contributed by atoms with Crippen molar-refractivity contribution in [2.75, 3.05) is 0 Å². The zero-order valence-electron chi connectivity index (χ0n) is 5.87. The molecule has 0 bridgehead atoms. The van der Waals surface area contributed by atoms with Crippen LogP contribution in [0, 0.1) is 11.8 Å². The first-order valence-corrected chi connectivity index (χ1v) is 4.37. The average Bonchev–Trinajstić information content (AvgIpc) is 2.53. The molecule has 0 unspecified atom stereocenters. The fourth-order valence-corrected chi connectivity index (χ4v) is 1.18. The lowest BCUT2D eigenvalue weighted by Crippen LogP contribution is -2.00. The molecule has 0 aromatic carbocycles. The second kappa shape index (κ2) is 2.33. The minimum absolute atomic E-state index is 0.677. The zero-order valence-corrected chi connectivity index (χ0v) is 6.69. The van der Waals surface area contributed by atoms with Crippen LogP contribution in [-0.4, -0.2) is 15.7 Å². The Morgan fingerprint density at radius 3 is 3.00 bits per heavy atom. The van der Waals surface area contributed by atoms with Crippen LogP contribution in [0.15, 0.2) is 10.9 Å². The summed E-state index contributed by atoms with van der Waals surface area (Å²) < 4.78 is 0. The summed E-state index contributed by atoms with van der Waals surface area (Å²) in [5.41, 5.74) is 1.82. The van der Waals surface area contributed by atoms with Gasteiger partial charge in [-0.05, 0) is 18.8 Å². The van der Waals surface area contributed by atoms with Crippen molar-refractivity contribution < 1.29 is 5.11 Å². The molecule has 1 aliphatic rings. The van der Waals surface area contributed by atoms with Gasteiger partial charge in [-0.3, -0.25) is 0 Å². The van der Waals surface area contributed by atoms with Gasteiger partial charge in [0.2, 0.25) is 0 Å². The van der Waals surface area contributed by atoms with E-state index >= 15 is 0 Å². The van der Waals surface area contributed by atoms with Crippen LogP contribution in [0.25, 0.3) is 0 Å². The molecule has 0 atom stereocenters. The maximum absolute atomic E-state index is 9.33. The van der Waals surface area contributed by atoms with Gasteiger partial charge in [-0.1, -0.05) is 5.92 Å². The lowest BCUT2D eigenvalue weighted by atomic mass is 10.3. The van der Waals surface area contributed by atoms with E-state index in [4.69, 9.17) is 0 Å². The maximum Gasteiger partial charge on any atom is 0.126 e. The number of hydrogen-bond donors (Lipinski definition) is 1. The van der Waals surface area contributed by atoms with Gasteiger partial charge in [-0.15, -0.1) is 11.3 Å². The van der Waals surface area contributed by atoms with Crippen molar-refractivity contribution in [2.24, 2.45) is 0 Å². The van der Waals surface area contributed by atoms with Crippen molar-refractivity contribution in [1.82, 2.24) is 4.98 Å². The van der Waals surface area contributed by atoms with E-state index in [0.29, 0.717) is 0 Å². The van der Waals surface area contributed by atoms with Gasteiger partial charge in [0.05, 0.1) is 5.51 Å². The van der Waals surface area contributed by atoms with Crippen LogP contribution in [-0.2, 0) is 0 Å². The topological polar surface area (TPSA) is 33.1 Å². The van der Waals surface area contributed by atoms with Crippen molar-refractivity contribution in [3.63, 3.8) is 0 Å². The standard InChI is InChI=1S/C8H7NOS/c10-8(3-4-8)2-1-7-5-11-6-9-7/h5-6,10H,3-4H2. The molecule has 0 spiro atoms. The molecule has 1 fully saturated rings. The smallest absolute Gasteiger partial charge is 0.126 e. The van der Waals surface area contributed by atoms with E-state index in [9.17, 15) is 5.11 Å². The van der Waals surface area contributed by atoms with Crippen molar-refractivity contribution >= 4 is 11.3 Å². The van der Waals surface area contributed by atoms with Crippen molar-refractivity contribution in [2.45, 2.75) is 18.4 Å². The van der Waals surface area contributed by atoms with E-state index in [1.807, 2.05) is 5.38 Å². The van der Waals surface area contributed by atoms with Gasteiger partial charge in [0.1, 0.15) is 11.3 Å². The number of rotatable bonds is 0. The van der Waals surface area contributed by atoms with Gasteiger partial charge in [0, 0.05) is 5.38 Å². The Hall–Kier alpha value is -0.850. The largest absolute Gasteiger partial charge is 0.378 e. The van der Waals surface area contributed by atoms with E-state index in [-0.39, 0.29) is 0 Å². The molecule has 0 amide bonds. The third kappa shape index (κ3) is 1.59. The Bertz CT molecular complexity index is 303. The molecule has 56 valence electrons. The summed E-state index contributed by atoms with van der Waals surface area (Å²) in [6.07, 6.45) is 1.62. The summed E-state index contributed by atoms with van der Waals surface area (Å²) in [4.78, 5) is 3.98. The van der Waals surface area contributed by atoms with Crippen LogP contribution >= 0.6 is 11.3 Å².